The van der Waals surface area contributed by atoms with Crippen LogP contribution >= 0.6 is 0 Å². The molecule has 1 saturated carbocycles. The maximum absolute atomic E-state index is 12.3. The summed E-state index contributed by atoms with van der Waals surface area (Å²) in [7, 11) is 0. The number of rotatable bonds is 25. The molecule has 232 valence electrons. The van der Waals surface area contributed by atoms with Gasteiger partial charge in [-0.1, -0.05) is 154 Å². The molecule has 2 N–H and O–H groups in total. The second-order valence-electron chi connectivity index (χ2n) is 13.3. The van der Waals surface area contributed by atoms with Crippen molar-refractivity contribution >= 4 is 16.8 Å². The number of hydrogen-bond donors (Lipinski definition) is 2. The van der Waals surface area contributed by atoms with Crippen molar-refractivity contribution < 1.29 is 4.79 Å². The Morgan fingerprint density at radius 3 is 1.85 bits per heavy atom. The molecule has 2 aromatic rings. The summed E-state index contributed by atoms with van der Waals surface area (Å²) in [5.74, 6) is 1.09. The first-order valence-corrected chi connectivity index (χ1v) is 18.1. The molecule has 0 radical (unpaired) electrons. The highest BCUT2D eigenvalue weighted by Crippen LogP contribution is 2.29. The van der Waals surface area contributed by atoms with E-state index >= 15 is 0 Å². The van der Waals surface area contributed by atoms with Crippen molar-refractivity contribution in [3.05, 3.63) is 35.5 Å². The average Bonchev–Trinajstić information content (AvgIpc) is 3.64. The van der Waals surface area contributed by atoms with Crippen molar-refractivity contribution in [1.82, 2.24) is 10.3 Å². The van der Waals surface area contributed by atoms with Crippen LogP contribution < -0.4 is 5.32 Å². The third-order valence-electron chi connectivity index (χ3n) is 9.55. The Labute approximate surface area is 253 Å². The molecule has 0 saturated heterocycles. The van der Waals surface area contributed by atoms with E-state index in [2.05, 4.69) is 41.6 Å². The molecule has 3 nitrogen and oxygen atoms in total. The topological polar surface area (TPSA) is 44.9 Å². The third kappa shape index (κ3) is 14.8. The Morgan fingerprint density at radius 1 is 0.756 bits per heavy atom. The highest BCUT2D eigenvalue weighted by atomic mass is 16.1. The number of carbonyl (C=O) groups is 1. The van der Waals surface area contributed by atoms with Gasteiger partial charge in [0, 0.05) is 30.1 Å². The largest absolute Gasteiger partial charge is 0.361 e. The first-order valence-electron chi connectivity index (χ1n) is 18.1. The number of benzene rings is 1. The summed E-state index contributed by atoms with van der Waals surface area (Å²) in [5.41, 5.74) is 4.02. The van der Waals surface area contributed by atoms with Crippen LogP contribution in [0.5, 0.6) is 0 Å². The van der Waals surface area contributed by atoms with Crippen molar-refractivity contribution in [3.8, 4) is 0 Å². The van der Waals surface area contributed by atoms with E-state index in [0.29, 0.717) is 6.42 Å². The van der Waals surface area contributed by atoms with Gasteiger partial charge in [0.2, 0.25) is 5.91 Å². The van der Waals surface area contributed by atoms with Crippen LogP contribution in [-0.4, -0.2) is 17.4 Å². The molecule has 0 spiro atoms. The summed E-state index contributed by atoms with van der Waals surface area (Å²) in [6.45, 7) is 3.03. The predicted molar refractivity (Wildman–Crippen MR) is 179 cm³/mol. The number of nitrogens with one attached hydrogen (secondary N) is 2. The molecule has 1 aliphatic rings. The van der Waals surface area contributed by atoms with Gasteiger partial charge in [-0.15, -0.1) is 0 Å². The molecule has 0 unspecified atom stereocenters. The molecular formula is C38H64N2O. The van der Waals surface area contributed by atoms with Crippen molar-refractivity contribution in [2.24, 2.45) is 5.92 Å². The van der Waals surface area contributed by atoms with Gasteiger partial charge in [0.05, 0.1) is 0 Å². The van der Waals surface area contributed by atoms with Gasteiger partial charge < -0.3 is 10.3 Å². The molecule has 1 amide bonds. The first-order chi connectivity index (χ1) is 20.3. The van der Waals surface area contributed by atoms with Crippen LogP contribution in [0, 0.1) is 5.92 Å². The predicted octanol–water partition coefficient (Wildman–Crippen LogP) is 11.4. The second kappa shape index (κ2) is 21.9. The van der Waals surface area contributed by atoms with Gasteiger partial charge in [0.1, 0.15) is 0 Å². The summed E-state index contributed by atoms with van der Waals surface area (Å²) < 4.78 is 0. The number of carbonyl (C=O) groups excluding carboxylic acids is 1. The van der Waals surface area contributed by atoms with Crippen LogP contribution in [0.4, 0.5) is 0 Å². The van der Waals surface area contributed by atoms with E-state index < -0.39 is 0 Å². The Kier molecular flexibility index (Phi) is 18.0. The van der Waals surface area contributed by atoms with E-state index in [-0.39, 0.29) is 5.91 Å². The molecular weight excluding hydrogens is 500 g/mol. The summed E-state index contributed by atoms with van der Waals surface area (Å²) in [5, 5.41) is 4.51. The molecule has 0 atom stereocenters. The standard InChI is InChI=1S/C38H64N2O/c1-2-3-4-5-6-7-8-9-10-11-12-13-14-15-16-17-18-19-20-25-38(41)39-29-28-35-32-40-37-27-26-34(31-36(35)37)30-33-23-21-22-24-33/h26-27,31-33,40H,2-25,28-30H2,1H3,(H,39,41). The van der Waals surface area contributed by atoms with Crippen LogP contribution in [0.1, 0.15) is 172 Å². The van der Waals surface area contributed by atoms with Gasteiger partial charge in [-0.3, -0.25) is 4.79 Å². The van der Waals surface area contributed by atoms with Gasteiger partial charge in [-0.2, -0.15) is 0 Å². The summed E-state index contributed by atoms with van der Waals surface area (Å²) in [6.07, 6.45) is 36.8. The molecule has 41 heavy (non-hydrogen) atoms. The number of aromatic amines is 1. The molecule has 1 aromatic carbocycles. The molecule has 3 rings (SSSR count). The number of unbranched alkanes of at least 4 members (excludes halogenated alkanes) is 18. The third-order valence-corrected chi connectivity index (χ3v) is 9.55. The molecule has 3 heteroatoms. The van der Waals surface area contributed by atoms with Gasteiger partial charge in [-0.05, 0) is 48.4 Å². The average molecular weight is 565 g/mol. The highest BCUT2D eigenvalue weighted by Gasteiger charge is 2.16. The van der Waals surface area contributed by atoms with E-state index in [1.165, 1.54) is 170 Å². The summed E-state index contributed by atoms with van der Waals surface area (Å²) in [4.78, 5) is 15.8. The van der Waals surface area contributed by atoms with Crippen LogP contribution in [-0.2, 0) is 17.6 Å². The molecule has 1 heterocycles. The quantitative estimate of drug-likeness (QED) is 0.116. The molecule has 0 aliphatic heterocycles. The fourth-order valence-corrected chi connectivity index (χ4v) is 6.90. The van der Waals surface area contributed by atoms with Crippen molar-refractivity contribution in [2.75, 3.05) is 6.54 Å². The van der Waals surface area contributed by atoms with E-state index in [9.17, 15) is 4.79 Å². The summed E-state index contributed by atoms with van der Waals surface area (Å²) >= 11 is 0. The number of amides is 1. The number of H-pyrrole nitrogens is 1. The Balaban J connectivity index is 1.09. The van der Waals surface area contributed by atoms with Crippen LogP contribution in [0.15, 0.2) is 24.4 Å². The van der Waals surface area contributed by atoms with E-state index in [4.69, 9.17) is 0 Å². The molecule has 1 aromatic heterocycles. The lowest BCUT2D eigenvalue weighted by Crippen LogP contribution is -2.25. The van der Waals surface area contributed by atoms with Gasteiger partial charge >= 0.3 is 0 Å². The zero-order chi connectivity index (χ0) is 28.8. The lowest BCUT2D eigenvalue weighted by atomic mass is 9.96. The molecule has 1 fully saturated rings. The number of aromatic nitrogens is 1. The SMILES string of the molecule is CCCCCCCCCCCCCCCCCCCCCC(=O)NCCc1c[nH]c2ccc(CC3CCCC3)cc12. The minimum Gasteiger partial charge on any atom is -0.361 e. The Morgan fingerprint density at radius 2 is 1.29 bits per heavy atom. The first kappa shape index (κ1) is 33.7. The van der Waals surface area contributed by atoms with E-state index in [1.807, 2.05) is 0 Å². The zero-order valence-corrected chi connectivity index (χ0v) is 26.9. The monoisotopic (exact) mass is 565 g/mol. The smallest absolute Gasteiger partial charge is 0.220 e. The van der Waals surface area contributed by atoms with E-state index in [0.717, 1.165) is 25.3 Å². The van der Waals surface area contributed by atoms with Gasteiger partial charge in [0.15, 0.2) is 0 Å². The second-order valence-corrected chi connectivity index (χ2v) is 13.3. The Hall–Kier alpha value is -1.77. The van der Waals surface area contributed by atoms with Crippen molar-refractivity contribution in [2.45, 2.75) is 174 Å². The highest BCUT2D eigenvalue weighted by molar-refractivity contribution is 5.84. The minimum atomic E-state index is 0.221. The maximum atomic E-state index is 12.3. The van der Waals surface area contributed by atoms with Gasteiger partial charge in [0.25, 0.3) is 0 Å². The van der Waals surface area contributed by atoms with Crippen molar-refractivity contribution in [1.29, 1.82) is 0 Å². The number of hydrogen-bond acceptors (Lipinski definition) is 1. The lowest BCUT2D eigenvalue weighted by Gasteiger charge is -2.09. The van der Waals surface area contributed by atoms with E-state index in [1.54, 1.807) is 0 Å². The number of fused-ring (bicyclic) bond motifs is 1. The van der Waals surface area contributed by atoms with Crippen LogP contribution in [0.3, 0.4) is 0 Å². The Bertz CT molecular complexity index is 925. The van der Waals surface area contributed by atoms with Crippen LogP contribution in [0.25, 0.3) is 10.9 Å². The van der Waals surface area contributed by atoms with Gasteiger partial charge in [-0.25, -0.2) is 0 Å². The van der Waals surface area contributed by atoms with Crippen LogP contribution in [0.2, 0.25) is 0 Å². The lowest BCUT2D eigenvalue weighted by molar-refractivity contribution is -0.121. The fraction of sp³-hybridized carbons (Fsp3) is 0.763. The summed E-state index contributed by atoms with van der Waals surface area (Å²) in [6, 6.07) is 6.92. The van der Waals surface area contributed by atoms with Crippen molar-refractivity contribution in [3.63, 3.8) is 0 Å². The molecule has 0 bridgehead atoms. The normalized spacial score (nSPS) is 13.9. The zero-order valence-electron chi connectivity index (χ0n) is 26.9. The molecule has 1 aliphatic carbocycles. The minimum absolute atomic E-state index is 0.221. The maximum Gasteiger partial charge on any atom is 0.220 e. The fourth-order valence-electron chi connectivity index (χ4n) is 6.90.